The van der Waals surface area contributed by atoms with Crippen LogP contribution < -0.4 is 20.1 Å². The Kier molecular flexibility index (Phi) is 9.87. The second kappa shape index (κ2) is 13.0. The monoisotopic (exact) mass is 392 g/mol. The number of fused-ring (bicyclic) bond motifs is 7. The number of para-hydroxylation sites is 2. The van der Waals surface area contributed by atoms with Crippen LogP contribution in [0.3, 0.4) is 0 Å². The lowest BCUT2D eigenvalue weighted by atomic mass is 10.3. The molecule has 0 radical (unpaired) electrons. The lowest BCUT2D eigenvalue weighted by molar-refractivity contribution is 0.0776. The number of hydrogen-bond acceptors (Lipinski definition) is 7. The van der Waals surface area contributed by atoms with Crippen LogP contribution in [0, 0.1) is 0 Å². The average molecular weight is 393 g/mol. The van der Waals surface area contributed by atoms with Crippen LogP contribution in [0.4, 0.5) is 0 Å². The largest absolute Gasteiger partial charge is 0.488 e. The molecule has 28 heavy (non-hydrogen) atoms. The zero-order valence-electron chi connectivity index (χ0n) is 17.0. The number of nitrogens with zero attached hydrogens (tertiary/aromatic N) is 2. The highest BCUT2D eigenvalue weighted by Crippen LogP contribution is 2.26. The predicted molar refractivity (Wildman–Crippen MR) is 111 cm³/mol. The highest BCUT2D eigenvalue weighted by atomic mass is 16.5. The smallest absolute Gasteiger partial charge is 0.161 e. The maximum atomic E-state index is 6.05. The van der Waals surface area contributed by atoms with Crippen molar-refractivity contribution in [3.05, 3.63) is 24.3 Å². The first-order valence-electron chi connectivity index (χ1n) is 10.7. The molecule has 158 valence electrons. The number of nitrogens with one attached hydrogen (secondary N) is 2. The van der Waals surface area contributed by atoms with E-state index in [0.29, 0.717) is 13.2 Å². The van der Waals surface area contributed by atoms with Gasteiger partial charge in [0.2, 0.25) is 0 Å². The third kappa shape index (κ3) is 7.93. The summed E-state index contributed by atoms with van der Waals surface area (Å²) in [7, 11) is 0. The molecule has 2 aliphatic rings. The predicted octanol–water partition coefficient (Wildman–Crippen LogP) is 0.661. The van der Waals surface area contributed by atoms with E-state index < -0.39 is 0 Å². The van der Waals surface area contributed by atoms with Gasteiger partial charge in [0.25, 0.3) is 0 Å². The van der Waals surface area contributed by atoms with E-state index in [2.05, 4.69) is 20.4 Å². The third-order valence-corrected chi connectivity index (χ3v) is 5.20. The quantitative estimate of drug-likeness (QED) is 0.629. The number of benzene rings is 1. The summed E-state index contributed by atoms with van der Waals surface area (Å²) in [6.07, 6.45) is 1.16. The molecule has 2 bridgehead atoms. The van der Waals surface area contributed by atoms with Gasteiger partial charge in [-0.15, -0.1) is 0 Å². The summed E-state index contributed by atoms with van der Waals surface area (Å²) in [5.41, 5.74) is 0. The minimum atomic E-state index is 0.649. The molecule has 1 fully saturated rings. The van der Waals surface area contributed by atoms with Crippen molar-refractivity contribution in [1.29, 1.82) is 0 Å². The van der Waals surface area contributed by atoms with Crippen LogP contribution in [0.25, 0.3) is 0 Å². The van der Waals surface area contributed by atoms with Crippen LogP contribution >= 0.6 is 0 Å². The molecule has 0 aromatic heterocycles. The van der Waals surface area contributed by atoms with E-state index in [-0.39, 0.29) is 0 Å². The van der Waals surface area contributed by atoms with Crippen LogP contribution in [-0.2, 0) is 4.74 Å². The summed E-state index contributed by atoms with van der Waals surface area (Å²) in [5, 5.41) is 7.10. The van der Waals surface area contributed by atoms with Gasteiger partial charge in [0.1, 0.15) is 13.2 Å². The Morgan fingerprint density at radius 1 is 0.607 bits per heavy atom. The summed E-state index contributed by atoms with van der Waals surface area (Å²) in [6, 6.07) is 7.98. The Bertz CT molecular complexity index is 501. The van der Waals surface area contributed by atoms with E-state index in [1.54, 1.807) is 0 Å². The summed E-state index contributed by atoms with van der Waals surface area (Å²) in [4.78, 5) is 4.83. The van der Waals surface area contributed by atoms with Gasteiger partial charge in [-0.1, -0.05) is 12.1 Å². The Balaban J connectivity index is 1.68. The van der Waals surface area contributed by atoms with Crippen LogP contribution in [-0.4, -0.2) is 102 Å². The minimum absolute atomic E-state index is 0.649. The van der Waals surface area contributed by atoms with Gasteiger partial charge in [-0.05, 0) is 31.6 Å². The molecule has 2 unspecified atom stereocenters. The lowest BCUT2D eigenvalue weighted by Crippen LogP contribution is -2.40. The van der Waals surface area contributed by atoms with Crippen LogP contribution in [0.1, 0.15) is 6.42 Å². The van der Waals surface area contributed by atoms with Crippen molar-refractivity contribution in [2.75, 3.05) is 91.9 Å². The Hall–Kier alpha value is -1.38. The van der Waals surface area contributed by atoms with Crippen LogP contribution in [0.5, 0.6) is 11.5 Å². The number of ether oxygens (including phenoxy) is 3. The van der Waals surface area contributed by atoms with E-state index in [1.165, 1.54) is 0 Å². The maximum Gasteiger partial charge on any atom is 0.161 e. The van der Waals surface area contributed by atoms with E-state index >= 15 is 0 Å². The van der Waals surface area contributed by atoms with Gasteiger partial charge >= 0.3 is 0 Å². The van der Waals surface area contributed by atoms with Crippen molar-refractivity contribution in [2.45, 2.75) is 6.42 Å². The lowest BCUT2D eigenvalue weighted by Gasteiger charge is -2.24. The molecule has 7 nitrogen and oxygen atoms in total. The SMILES string of the molecule is c1ccc2c(c1)OCCN1CCNCCCNCCN(CCOCC1)CCO2. The molecule has 1 aromatic rings. The summed E-state index contributed by atoms with van der Waals surface area (Å²) >= 11 is 0. The normalized spacial score (nSPS) is 26.7. The van der Waals surface area contributed by atoms with Crippen molar-refractivity contribution < 1.29 is 14.2 Å². The van der Waals surface area contributed by atoms with Crippen molar-refractivity contribution in [1.82, 2.24) is 20.4 Å². The van der Waals surface area contributed by atoms with E-state index in [0.717, 1.165) is 96.6 Å². The molecule has 1 saturated heterocycles. The number of rotatable bonds is 0. The molecule has 7 heteroatoms. The highest BCUT2D eigenvalue weighted by molar-refractivity contribution is 5.39. The van der Waals surface area contributed by atoms with E-state index in [9.17, 15) is 0 Å². The van der Waals surface area contributed by atoms with Gasteiger partial charge in [-0.25, -0.2) is 0 Å². The molecule has 0 amide bonds. The van der Waals surface area contributed by atoms with Crippen molar-refractivity contribution in [3.63, 3.8) is 0 Å². The molecule has 0 aliphatic carbocycles. The molecule has 2 aliphatic heterocycles. The maximum absolute atomic E-state index is 6.05. The van der Waals surface area contributed by atoms with Gasteiger partial charge in [0, 0.05) is 52.4 Å². The highest BCUT2D eigenvalue weighted by Gasteiger charge is 2.11. The Labute approximate surface area is 169 Å². The van der Waals surface area contributed by atoms with Crippen molar-refractivity contribution in [2.24, 2.45) is 0 Å². The third-order valence-electron chi connectivity index (χ3n) is 5.20. The Morgan fingerprint density at radius 3 is 1.64 bits per heavy atom. The summed E-state index contributed by atoms with van der Waals surface area (Å²) < 4.78 is 18.0. The van der Waals surface area contributed by atoms with Crippen LogP contribution in [0.15, 0.2) is 24.3 Å². The first-order valence-corrected chi connectivity index (χ1v) is 10.7. The summed E-state index contributed by atoms with van der Waals surface area (Å²) in [5.74, 6) is 1.66. The molecule has 3 rings (SSSR count). The fourth-order valence-corrected chi connectivity index (χ4v) is 3.48. The molecule has 2 heterocycles. The molecule has 2 atom stereocenters. The first-order chi connectivity index (χ1) is 13.9. The number of hydrogen-bond donors (Lipinski definition) is 2. The van der Waals surface area contributed by atoms with Gasteiger partial charge in [0.05, 0.1) is 13.2 Å². The molecular weight excluding hydrogens is 356 g/mol. The van der Waals surface area contributed by atoms with Gasteiger partial charge < -0.3 is 24.8 Å². The minimum Gasteiger partial charge on any atom is -0.488 e. The summed E-state index contributed by atoms with van der Waals surface area (Å²) in [6.45, 7) is 12.6. The standard InChI is InChI=1S/C21H36N4O3/c1-2-5-21-20(4-1)27-18-14-24-10-8-22-6-3-7-23-9-11-25(15-19-28-21)13-17-26-16-12-24/h1-2,4-5,22-23H,3,6-19H2. The molecule has 2 N–H and O–H groups in total. The van der Waals surface area contributed by atoms with Gasteiger partial charge in [-0.3, -0.25) is 9.80 Å². The van der Waals surface area contributed by atoms with Gasteiger partial charge in [0.15, 0.2) is 11.5 Å². The molecule has 0 spiro atoms. The second-order valence-corrected chi connectivity index (χ2v) is 7.29. The second-order valence-electron chi connectivity index (χ2n) is 7.29. The van der Waals surface area contributed by atoms with Crippen molar-refractivity contribution >= 4 is 0 Å². The topological polar surface area (TPSA) is 58.2 Å². The van der Waals surface area contributed by atoms with E-state index in [4.69, 9.17) is 14.2 Å². The average Bonchev–Trinajstić information content (AvgIpc) is 2.71. The molecular formula is C21H36N4O3. The van der Waals surface area contributed by atoms with Crippen molar-refractivity contribution in [3.8, 4) is 11.5 Å². The van der Waals surface area contributed by atoms with Crippen LogP contribution in [0.2, 0.25) is 0 Å². The van der Waals surface area contributed by atoms with E-state index in [1.807, 2.05) is 24.3 Å². The fraction of sp³-hybridized carbons (Fsp3) is 0.714. The molecule has 0 saturated carbocycles. The molecule has 1 aromatic carbocycles. The van der Waals surface area contributed by atoms with Gasteiger partial charge in [-0.2, -0.15) is 0 Å². The Morgan fingerprint density at radius 2 is 1.11 bits per heavy atom. The zero-order valence-corrected chi connectivity index (χ0v) is 17.0. The zero-order chi connectivity index (χ0) is 19.3. The fourth-order valence-electron chi connectivity index (χ4n) is 3.48. The first kappa shape index (κ1) is 21.3.